The first-order chi connectivity index (χ1) is 8.97. The molecule has 2 rings (SSSR count). The summed E-state index contributed by atoms with van der Waals surface area (Å²) in [5, 5.41) is 4.44. The van der Waals surface area contributed by atoms with Crippen LogP contribution in [0.15, 0.2) is 30.5 Å². The lowest BCUT2D eigenvalue weighted by atomic mass is 10.1. The minimum absolute atomic E-state index is 0.193. The molecule has 0 aliphatic heterocycles. The molecule has 0 fully saturated rings. The molecule has 0 amide bonds. The van der Waals surface area contributed by atoms with Gasteiger partial charge in [-0.1, -0.05) is 12.1 Å². The van der Waals surface area contributed by atoms with Gasteiger partial charge in [-0.25, -0.2) is 8.42 Å². The fraction of sp³-hybridized carbons (Fsp3) is 0.429. The molecule has 19 heavy (non-hydrogen) atoms. The monoisotopic (exact) mass is 280 g/mol. The number of aromatic nitrogens is 1. The molecule has 1 heterocycles. The number of aryl methyl sites for hydroxylation is 1. The summed E-state index contributed by atoms with van der Waals surface area (Å²) in [6.07, 6.45) is 3.34. The van der Waals surface area contributed by atoms with Gasteiger partial charge in [0.25, 0.3) is 0 Å². The van der Waals surface area contributed by atoms with Crippen LogP contribution in [-0.2, 0) is 16.4 Å². The van der Waals surface area contributed by atoms with Gasteiger partial charge in [-0.3, -0.25) is 0 Å². The lowest BCUT2D eigenvalue weighted by molar-refractivity contribution is 0.589. The highest BCUT2D eigenvalue weighted by Gasteiger charge is 2.03. The van der Waals surface area contributed by atoms with Crippen molar-refractivity contribution in [1.29, 1.82) is 0 Å². The van der Waals surface area contributed by atoms with E-state index < -0.39 is 9.84 Å². The van der Waals surface area contributed by atoms with E-state index in [9.17, 15) is 8.42 Å². The molecule has 1 aromatic heterocycles. The van der Waals surface area contributed by atoms with Crippen LogP contribution in [0.1, 0.15) is 5.56 Å². The fourth-order valence-corrected chi connectivity index (χ4v) is 2.67. The Labute approximate surface area is 114 Å². The zero-order valence-electron chi connectivity index (χ0n) is 11.4. The third-order valence-electron chi connectivity index (χ3n) is 3.21. The van der Waals surface area contributed by atoms with Crippen LogP contribution in [0.5, 0.6) is 0 Å². The Morgan fingerprint density at radius 2 is 2.00 bits per heavy atom. The van der Waals surface area contributed by atoms with E-state index in [1.165, 1.54) is 22.7 Å². The van der Waals surface area contributed by atoms with Crippen molar-refractivity contribution in [3.63, 3.8) is 0 Å². The second-order valence-corrected chi connectivity index (χ2v) is 7.16. The summed E-state index contributed by atoms with van der Waals surface area (Å²) < 4.78 is 24.2. The summed E-state index contributed by atoms with van der Waals surface area (Å²) >= 11 is 0. The fourth-order valence-electron chi connectivity index (χ4n) is 2.15. The number of fused-ring (bicyclic) bond motifs is 1. The Morgan fingerprint density at radius 1 is 1.21 bits per heavy atom. The maximum atomic E-state index is 11.0. The van der Waals surface area contributed by atoms with Gasteiger partial charge in [-0.05, 0) is 24.6 Å². The van der Waals surface area contributed by atoms with Crippen LogP contribution in [0.3, 0.4) is 0 Å². The van der Waals surface area contributed by atoms with E-state index >= 15 is 0 Å². The molecule has 0 radical (unpaired) electrons. The zero-order valence-corrected chi connectivity index (χ0v) is 12.2. The summed E-state index contributed by atoms with van der Waals surface area (Å²) in [7, 11) is -2.87. The number of rotatable bonds is 6. The number of nitrogens with zero attached hydrogens (tertiary/aromatic N) is 1. The van der Waals surface area contributed by atoms with Crippen molar-refractivity contribution < 1.29 is 8.42 Å². The first-order valence-corrected chi connectivity index (χ1v) is 8.46. The highest BCUT2D eigenvalue weighted by Crippen LogP contribution is 2.19. The summed E-state index contributed by atoms with van der Waals surface area (Å²) in [5.74, 6) is 0.193. The largest absolute Gasteiger partial charge is 0.346 e. The van der Waals surface area contributed by atoms with E-state index in [0.717, 1.165) is 13.1 Å². The highest BCUT2D eigenvalue weighted by molar-refractivity contribution is 7.90. The quantitative estimate of drug-likeness (QED) is 0.817. The highest BCUT2D eigenvalue weighted by atomic mass is 32.2. The second kappa shape index (κ2) is 5.75. The average Bonchev–Trinajstić information content (AvgIpc) is 2.72. The Hall–Kier alpha value is -1.33. The van der Waals surface area contributed by atoms with Crippen molar-refractivity contribution in [3.05, 3.63) is 36.0 Å². The predicted octanol–water partition coefficient (Wildman–Crippen LogP) is 1.58. The number of hydrogen-bond acceptors (Lipinski definition) is 3. The Kier molecular flexibility index (Phi) is 4.27. The first kappa shape index (κ1) is 14.1. The number of sulfone groups is 1. The van der Waals surface area contributed by atoms with Crippen molar-refractivity contribution in [2.45, 2.75) is 13.5 Å². The third kappa shape index (κ3) is 3.81. The number of nitrogens with one attached hydrogen (secondary N) is 1. The Morgan fingerprint density at radius 3 is 2.74 bits per heavy atom. The maximum absolute atomic E-state index is 11.0. The molecule has 2 aromatic rings. The summed E-state index contributed by atoms with van der Waals surface area (Å²) in [6.45, 7) is 4.23. The molecule has 4 nitrogen and oxygen atoms in total. The van der Waals surface area contributed by atoms with Crippen LogP contribution in [-0.4, -0.2) is 38.1 Å². The molecule has 0 spiro atoms. The normalized spacial score (nSPS) is 12.1. The molecule has 0 saturated carbocycles. The van der Waals surface area contributed by atoms with E-state index in [1.807, 2.05) is 0 Å². The van der Waals surface area contributed by atoms with Crippen LogP contribution in [0.2, 0.25) is 0 Å². The van der Waals surface area contributed by atoms with Gasteiger partial charge < -0.3 is 9.88 Å². The van der Waals surface area contributed by atoms with Crippen LogP contribution < -0.4 is 5.32 Å². The van der Waals surface area contributed by atoms with E-state index in [4.69, 9.17) is 0 Å². The molecular formula is C14H20N2O2S. The molecule has 0 unspecified atom stereocenters. The standard InChI is InChI=1S/C14H20N2O2S/c1-12-4-3-5-14-13(12)6-9-16(14)10-7-15-8-11-19(2,17)18/h3-6,9,15H,7-8,10-11H2,1-2H3. The summed E-state index contributed by atoms with van der Waals surface area (Å²) in [4.78, 5) is 0. The topological polar surface area (TPSA) is 51.1 Å². The average molecular weight is 280 g/mol. The van der Waals surface area contributed by atoms with E-state index in [2.05, 4.69) is 47.3 Å². The van der Waals surface area contributed by atoms with Gasteiger partial charge in [0.15, 0.2) is 0 Å². The van der Waals surface area contributed by atoms with Crippen LogP contribution in [0, 0.1) is 6.92 Å². The van der Waals surface area contributed by atoms with Crippen molar-refractivity contribution in [2.24, 2.45) is 0 Å². The van der Waals surface area contributed by atoms with Gasteiger partial charge in [-0.15, -0.1) is 0 Å². The zero-order chi connectivity index (χ0) is 13.9. The Bertz CT molecular complexity index is 659. The van der Waals surface area contributed by atoms with Gasteiger partial charge in [0, 0.05) is 43.0 Å². The van der Waals surface area contributed by atoms with Crippen molar-refractivity contribution in [1.82, 2.24) is 9.88 Å². The van der Waals surface area contributed by atoms with Gasteiger partial charge in [0.2, 0.25) is 0 Å². The van der Waals surface area contributed by atoms with Crippen LogP contribution in [0.25, 0.3) is 10.9 Å². The SMILES string of the molecule is Cc1cccc2c1ccn2CCNCCS(C)(=O)=O. The minimum Gasteiger partial charge on any atom is -0.346 e. The molecule has 1 N–H and O–H groups in total. The van der Waals surface area contributed by atoms with Gasteiger partial charge in [0.1, 0.15) is 9.84 Å². The van der Waals surface area contributed by atoms with Crippen LogP contribution >= 0.6 is 0 Å². The molecule has 0 saturated heterocycles. The van der Waals surface area contributed by atoms with Gasteiger partial charge in [0.05, 0.1) is 5.75 Å². The molecule has 0 atom stereocenters. The molecule has 0 aliphatic rings. The van der Waals surface area contributed by atoms with Crippen molar-refractivity contribution in [3.8, 4) is 0 Å². The van der Waals surface area contributed by atoms with E-state index in [0.29, 0.717) is 6.54 Å². The first-order valence-electron chi connectivity index (χ1n) is 6.40. The van der Waals surface area contributed by atoms with Gasteiger partial charge >= 0.3 is 0 Å². The predicted molar refractivity (Wildman–Crippen MR) is 79.3 cm³/mol. The molecular weight excluding hydrogens is 260 g/mol. The van der Waals surface area contributed by atoms with Crippen molar-refractivity contribution >= 4 is 20.7 Å². The van der Waals surface area contributed by atoms with Crippen LogP contribution in [0.4, 0.5) is 0 Å². The molecule has 5 heteroatoms. The molecule has 1 aromatic carbocycles. The van der Waals surface area contributed by atoms with E-state index in [-0.39, 0.29) is 5.75 Å². The number of benzene rings is 1. The maximum Gasteiger partial charge on any atom is 0.148 e. The molecule has 0 bridgehead atoms. The number of hydrogen-bond donors (Lipinski definition) is 1. The summed E-state index contributed by atoms with van der Waals surface area (Å²) in [5.41, 5.74) is 2.51. The molecule has 104 valence electrons. The second-order valence-electron chi connectivity index (χ2n) is 4.90. The molecule has 0 aliphatic carbocycles. The smallest absolute Gasteiger partial charge is 0.148 e. The summed E-state index contributed by atoms with van der Waals surface area (Å²) in [6, 6.07) is 8.41. The third-order valence-corrected chi connectivity index (χ3v) is 4.16. The van der Waals surface area contributed by atoms with E-state index in [1.54, 1.807) is 0 Å². The van der Waals surface area contributed by atoms with Gasteiger partial charge in [-0.2, -0.15) is 0 Å². The lowest BCUT2D eigenvalue weighted by Crippen LogP contribution is -2.25. The minimum atomic E-state index is -2.87. The van der Waals surface area contributed by atoms with Crippen molar-refractivity contribution in [2.75, 3.05) is 25.1 Å². The lowest BCUT2D eigenvalue weighted by Gasteiger charge is -2.07. The Balaban J connectivity index is 1.90.